The van der Waals surface area contributed by atoms with E-state index in [2.05, 4.69) is 15.4 Å². The number of hydrogen-bond acceptors (Lipinski definition) is 4. The number of rotatable bonds is 7. The van der Waals surface area contributed by atoms with Crippen molar-refractivity contribution >= 4 is 17.7 Å². The minimum Gasteiger partial charge on any atom is -0.491 e. The molecule has 0 aromatic heterocycles. The van der Waals surface area contributed by atoms with E-state index in [9.17, 15) is 18.4 Å². The Labute approximate surface area is 125 Å². The van der Waals surface area contributed by atoms with Crippen LogP contribution in [0.5, 0.6) is 11.5 Å². The summed E-state index contributed by atoms with van der Waals surface area (Å²) in [5.74, 6) is -4.06. The molecule has 2 amide bonds. The summed E-state index contributed by atoms with van der Waals surface area (Å²) in [6.45, 7) is 0.0988. The number of hydrogen-bond donors (Lipinski definition) is 3. The Morgan fingerprint density at radius 1 is 1.23 bits per heavy atom. The van der Waals surface area contributed by atoms with Gasteiger partial charge in [0.1, 0.15) is 0 Å². The van der Waals surface area contributed by atoms with E-state index in [-0.39, 0.29) is 30.8 Å². The number of ether oxygens (including phenoxy) is 2. The molecule has 1 aromatic carbocycles. The molecule has 7 nitrogen and oxygen atoms in total. The molecular formula is C13H16F2N2O5. The van der Waals surface area contributed by atoms with Gasteiger partial charge in [-0.25, -0.2) is 9.18 Å². The normalized spacial score (nSPS) is 10.0. The number of methoxy groups -OCH3 is 2. The van der Waals surface area contributed by atoms with Crippen molar-refractivity contribution in [3.8, 4) is 11.5 Å². The van der Waals surface area contributed by atoms with Crippen LogP contribution in [0, 0.1) is 11.6 Å². The lowest BCUT2D eigenvalue weighted by atomic mass is 10.2. The predicted molar refractivity (Wildman–Crippen MR) is 73.4 cm³/mol. The van der Waals surface area contributed by atoms with Gasteiger partial charge in [-0.05, 0) is 6.42 Å². The number of amides is 2. The van der Waals surface area contributed by atoms with Gasteiger partial charge in [0.15, 0.2) is 17.3 Å². The summed E-state index contributed by atoms with van der Waals surface area (Å²) >= 11 is 0. The zero-order chi connectivity index (χ0) is 16.7. The maximum Gasteiger partial charge on any atom is 0.319 e. The molecule has 0 aliphatic carbocycles. The second kappa shape index (κ2) is 8.01. The summed E-state index contributed by atoms with van der Waals surface area (Å²) in [7, 11) is 2.26. The molecule has 0 aliphatic heterocycles. The molecule has 0 aliphatic rings. The topological polar surface area (TPSA) is 96.9 Å². The van der Waals surface area contributed by atoms with Crippen LogP contribution in [0.1, 0.15) is 12.8 Å². The number of carboxylic acids is 1. The van der Waals surface area contributed by atoms with Crippen molar-refractivity contribution in [2.24, 2.45) is 0 Å². The smallest absolute Gasteiger partial charge is 0.319 e. The van der Waals surface area contributed by atoms with E-state index in [4.69, 9.17) is 9.84 Å². The second-order valence-electron chi connectivity index (χ2n) is 4.16. The van der Waals surface area contributed by atoms with Gasteiger partial charge >= 0.3 is 12.0 Å². The molecule has 1 rings (SSSR count). The van der Waals surface area contributed by atoms with Crippen molar-refractivity contribution in [3.63, 3.8) is 0 Å². The largest absolute Gasteiger partial charge is 0.491 e. The van der Waals surface area contributed by atoms with Crippen LogP contribution in [0.4, 0.5) is 19.3 Å². The van der Waals surface area contributed by atoms with Crippen molar-refractivity contribution in [2.45, 2.75) is 12.8 Å². The Bertz CT molecular complexity index is 566. The van der Waals surface area contributed by atoms with Crippen LogP contribution < -0.4 is 20.1 Å². The van der Waals surface area contributed by atoms with Crippen LogP contribution in [0.3, 0.4) is 0 Å². The number of halogens is 2. The number of carbonyl (C=O) groups is 2. The third-order valence-corrected chi connectivity index (χ3v) is 2.64. The maximum absolute atomic E-state index is 13.9. The molecule has 22 heavy (non-hydrogen) atoms. The van der Waals surface area contributed by atoms with Crippen LogP contribution in [0.2, 0.25) is 0 Å². The number of benzene rings is 1. The predicted octanol–water partition coefficient (Wildman–Crippen LogP) is 1.97. The highest BCUT2D eigenvalue weighted by molar-refractivity contribution is 5.91. The molecule has 0 saturated carbocycles. The van der Waals surface area contributed by atoms with Crippen molar-refractivity contribution in [1.29, 1.82) is 0 Å². The monoisotopic (exact) mass is 318 g/mol. The highest BCUT2D eigenvalue weighted by Crippen LogP contribution is 2.36. The van der Waals surface area contributed by atoms with E-state index in [0.717, 1.165) is 20.3 Å². The molecule has 0 atom stereocenters. The second-order valence-corrected chi connectivity index (χ2v) is 4.16. The number of anilines is 1. The van der Waals surface area contributed by atoms with Crippen molar-refractivity contribution in [3.05, 3.63) is 17.7 Å². The Balaban J connectivity index is 2.76. The van der Waals surface area contributed by atoms with Crippen LogP contribution in [-0.4, -0.2) is 37.9 Å². The van der Waals surface area contributed by atoms with Crippen molar-refractivity contribution in [2.75, 3.05) is 26.1 Å². The van der Waals surface area contributed by atoms with Gasteiger partial charge in [0, 0.05) is 19.0 Å². The van der Waals surface area contributed by atoms with Crippen molar-refractivity contribution in [1.82, 2.24) is 5.32 Å². The zero-order valence-electron chi connectivity index (χ0n) is 12.0. The van der Waals surface area contributed by atoms with E-state index in [1.165, 1.54) is 0 Å². The average molecular weight is 318 g/mol. The third kappa shape index (κ3) is 4.47. The Hall–Kier alpha value is -2.58. The maximum atomic E-state index is 13.9. The molecule has 0 saturated heterocycles. The Morgan fingerprint density at radius 3 is 2.41 bits per heavy atom. The first-order valence-electron chi connectivity index (χ1n) is 6.27. The van der Waals surface area contributed by atoms with Gasteiger partial charge in [-0.2, -0.15) is 4.39 Å². The fraction of sp³-hybridized carbons (Fsp3) is 0.385. The summed E-state index contributed by atoms with van der Waals surface area (Å²) in [6.07, 6.45) is 0.126. The fourth-order valence-corrected chi connectivity index (χ4v) is 1.67. The van der Waals surface area contributed by atoms with Crippen LogP contribution in [0.25, 0.3) is 0 Å². The van der Waals surface area contributed by atoms with Gasteiger partial charge in [-0.15, -0.1) is 0 Å². The van der Waals surface area contributed by atoms with Crippen molar-refractivity contribution < 1.29 is 33.0 Å². The molecular weight excluding hydrogens is 302 g/mol. The Morgan fingerprint density at radius 2 is 1.86 bits per heavy atom. The van der Waals surface area contributed by atoms with Crippen LogP contribution in [-0.2, 0) is 4.79 Å². The van der Waals surface area contributed by atoms with Crippen LogP contribution >= 0.6 is 0 Å². The molecule has 0 spiro atoms. The molecule has 122 valence electrons. The van der Waals surface area contributed by atoms with Gasteiger partial charge in [0.25, 0.3) is 0 Å². The number of carboxylic acid groups (broad SMARTS) is 1. The Kier molecular flexibility index (Phi) is 6.36. The summed E-state index contributed by atoms with van der Waals surface area (Å²) < 4.78 is 36.9. The van der Waals surface area contributed by atoms with E-state index in [1.807, 2.05) is 0 Å². The number of carbonyl (C=O) groups excluding carboxylic acids is 1. The fourth-order valence-electron chi connectivity index (χ4n) is 1.67. The summed E-state index contributed by atoms with van der Waals surface area (Å²) in [5.41, 5.74) is -0.214. The lowest BCUT2D eigenvalue weighted by molar-refractivity contribution is -0.137. The van der Waals surface area contributed by atoms with Gasteiger partial charge in [0.2, 0.25) is 5.82 Å². The minimum absolute atomic E-state index is 0.0988. The van der Waals surface area contributed by atoms with Gasteiger partial charge in [0.05, 0.1) is 19.9 Å². The third-order valence-electron chi connectivity index (χ3n) is 2.64. The summed E-state index contributed by atoms with van der Waals surface area (Å²) in [4.78, 5) is 21.9. The molecule has 0 bridgehead atoms. The molecule has 1 aromatic rings. The standard InChI is InChI=1S/C13H16F2N2O5/c1-21-11-7(14)6-8(12(22-2)10(11)15)17-13(20)16-5-3-4-9(18)19/h6H,3-5H2,1-2H3,(H,18,19)(H2,16,17,20). The number of aliphatic carboxylic acids is 1. The molecule has 0 unspecified atom stereocenters. The zero-order valence-corrected chi connectivity index (χ0v) is 12.0. The minimum atomic E-state index is -1.08. The highest BCUT2D eigenvalue weighted by atomic mass is 19.1. The van der Waals surface area contributed by atoms with E-state index < -0.39 is 29.4 Å². The first-order chi connectivity index (χ1) is 10.4. The van der Waals surface area contributed by atoms with Gasteiger partial charge < -0.3 is 25.2 Å². The van der Waals surface area contributed by atoms with Gasteiger partial charge in [-0.3, -0.25) is 4.79 Å². The van der Waals surface area contributed by atoms with E-state index in [1.54, 1.807) is 0 Å². The SMILES string of the molecule is COc1c(F)cc(NC(=O)NCCCC(=O)O)c(OC)c1F. The number of nitrogens with one attached hydrogen (secondary N) is 2. The average Bonchev–Trinajstić information content (AvgIpc) is 2.44. The number of urea groups is 1. The van der Waals surface area contributed by atoms with E-state index >= 15 is 0 Å². The first-order valence-corrected chi connectivity index (χ1v) is 6.27. The first kappa shape index (κ1) is 17.5. The summed E-state index contributed by atoms with van der Waals surface area (Å²) in [6, 6.07) is 0.116. The highest BCUT2D eigenvalue weighted by Gasteiger charge is 2.21. The molecule has 9 heteroatoms. The quantitative estimate of drug-likeness (QED) is 0.668. The molecule has 0 heterocycles. The van der Waals surface area contributed by atoms with E-state index in [0.29, 0.717) is 0 Å². The lowest BCUT2D eigenvalue weighted by Gasteiger charge is -2.14. The van der Waals surface area contributed by atoms with Crippen LogP contribution in [0.15, 0.2) is 6.07 Å². The molecule has 0 fully saturated rings. The lowest BCUT2D eigenvalue weighted by Crippen LogP contribution is -2.30. The molecule has 3 N–H and O–H groups in total. The van der Waals surface area contributed by atoms with Gasteiger partial charge in [-0.1, -0.05) is 0 Å². The summed E-state index contributed by atoms with van der Waals surface area (Å²) in [5, 5.41) is 13.0. The molecule has 0 radical (unpaired) electrons.